The quantitative estimate of drug-likeness (QED) is 0.439. The SMILES string of the molecule is C[Si](C)(C)OC(=O)CCCCCN([Si](C)(C)C)[Si](C)(C)C. The Hall–Kier alpha value is 0.0806. The minimum atomic E-state index is -1.70. The molecule has 0 radical (unpaired) electrons. The molecule has 0 aromatic rings. The largest absolute Gasteiger partial charge is 0.520 e. The van der Waals surface area contributed by atoms with Crippen LogP contribution in [0.1, 0.15) is 25.7 Å². The summed E-state index contributed by atoms with van der Waals surface area (Å²) >= 11 is 0. The summed E-state index contributed by atoms with van der Waals surface area (Å²) in [5.74, 6) is 0.00131. The van der Waals surface area contributed by atoms with Gasteiger partial charge in [0.1, 0.15) is 16.5 Å². The van der Waals surface area contributed by atoms with E-state index in [0.717, 1.165) is 12.8 Å². The highest BCUT2D eigenvalue weighted by Gasteiger charge is 2.33. The molecule has 0 bridgehead atoms. The number of nitrogens with zero attached hydrogens (tertiary/aromatic N) is 1. The smallest absolute Gasteiger partial charge is 0.292 e. The predicted molar refractivity (Wildman–Crippen MR) is 101 cm³/mol. The zero-order chi connectivity index (χ0) is 16.9. The third-order valence-corrected chi connectivity index (χ3v) is 11.9. The third-order valence-electron chi connectivity index (χ3n) is 3.30. The van der Waals surface area contributed by atoms with Gasteiger partial charge >= 0.3 is 0 Å². The summed E-state index contributed by atoms with van der Waals surface area (Å²) < 4.78 is 8.30. The van der Waals surface area contributed by atoms with Crippen LogP contribution in [0.15, 0.2) is 0 Å². The van der Waals surface area contributed by atoms with Crippen LogP contribution in [-0.2, 0) is 9.22 Å². The van der Waals surface area contributed by atoms with Gasteiger partial charge in [-0.05, 0) is 39.0 Å². The highest BCUT2D eigenvalue weighted by molar-refractivity contribution is 6.89. The van der Waals surface area contributed by atoms with Crippen molar-refractivity contribution >= 4 is 30.8 Å². The summed E-state index contributed by atoms with van der Waals surface area (Å²) in [5.41, 5.74) is 0. The lowest BCUT2D eigenvalue weighted by molar-refractivity contribution is -0.135. The van der Waals surface area contributed by atoms with Crippen molar-refractivity contribution in [3.63, 3.8) is 0 Å². The molecule has 0 heterocycles. The van der Waals surface area contributed by atoms with Crippen molar-refractivity contribution in [2.45, 2.75) is 84.6 Å². The van der Waals surface area contributed by atoms with E-state index in [4.69, 9.17) is 4.43 Å². The van der Waals surface area contributed by atoms with Gasteiger partial charge in [0.2, 0.25) is 8.32 Å². The first-order valence-electron chi connectivity index (χ1n) is 8.23. The van der Waals surface area contributed by atoms with Gasteiger partial charge in [0.25, 0.3) is 5.97 Å². The van der Waals surface area contributed by atoms with Crippen molar-refractivity contribution in [3.05, 3.63) is 0 Å². The van der Waals surface area contributed by atoms with E-state index in [1.165, 1.54) is 13.0 Å². The normalized spacial score (nSPS) is 13.6. The Kier molecular flexibility index (Phi) is 8.11. The zero-order valence-electron chi connectivity index (χ0n) is 15.8. The van der Waals surface area contributed by atoms with Crippen molar-refractivity contribution in [1.82, 2.24) is 4.23 Å². The molecule has 0 atom stereocenters. The van der Waals surface area contributed by atoms with Crippen LogP contribution in [0.3, 0.4) is 0 Å². The Bertz CT molecular complexity index is 313. The molecule has 0 aliphatic carbocycles. The van der Waals surface area contributed by atoms with E-state index in [0.29, 0.717) is 6.42 Å². The van der Waals surface area contributed by atoms with E-state index in [1.807, 2.05) is 0 Å². The summed E-state index contributed by atoms with van der Waals surface area (Å²) in [6.07, 6.45) is 3.89. The molecule has 0 aromatic heterocycles. The van der Waals surface area contributed by atoms with Gasteiger partial charge in [0, 0.05) is 6.42 Å². The molecule has 0 saturated heterocycles. The molecule has 0 rings (SSSR count). The van der Waals surface area contributed by atoms with E-state index in [9.17, 15) is 4.79 Å². The van der Waals surface area contributed by atoms with Crippen molar-refractivity contribution in [2.24, 2.45) is 0 Å². The standard InChI is InChI=1S/C15H37NO2Si3/c1-19(2,3)16(20(4,5)6)14-12-10-11-13-15(17)18-21(7,8)9/h10-14H2,1-9H3. The Morgan fingerprint density at radius 2 is 1.29 bits per heavy atom. The maximum absolute atomic E-state index is 11.7. The van der Waals surface area contributed by atoms with Crippen molar-refractivity contribution in [1.29, 1.82) is 0 Å². The lowest BCUT2D eigenvalue weighted by atomic mass is 10.2. The Labute approximate surface area is 135 Å². The van der Waals surface area contributed by atoms with Gasteiger partial charge in [-0.3, -0.25) is 4.79 Å². The van der Waals surface area contributed by atoms with Crippen molar-refractivity contribution in [3.8, 4) is 0 Å². The van der Waals surface area contributed by atoms with E-state index in [-0.39, 0.29) is 5.97 Å². The van der Waals surface area contributed by atoms with Gasteiger partial charge in [-0.15, -0.1) is 0 Å². The summed E-state index contributed by atoms with van der Waals surface area (Å²) in [7, 11) is -4.16. The second kappa shape index (κ2) is 8.08. The number of carbonyl (C=O) groups is 1. The topological polar surface area (TPSA) is 29.5 Å². The molecule has 0 amide bonds. The van der Waals surface area contributed by atoms with Gasteiger partial charge in [-0.1, -0.05) is 45.7 Å². The van der Waals surface area contributed by atoms with Crippen LogP contribution < -0.4 is 0 Å². The van der Waals surface area contributed by atoms with Gasteiger partial charge in [-0.2, -0.15) is 0 Å². The fourth-order valence-corrected chi connectivity index (χ4v) is 13.3. The van der Waals surface area contributed by atoms with Gasteiger partial charge in [0.05, 0.1) is 0 Å². The zero-order valence-corrected chi connectivity index (χ0v) is 18.8. The Morgan fingerprint density at radius 3 is 1.67 bits per heavy atom. The predicted octanol–water partition coefficient (Wildman–Crippen LogP) is 4.90. The average molecular weight is 348 g/mol. The molecule has 0 unspecified atom stereocenters. The van der Waals surface area contributed by atoms with Gasteiger partial charge in [-0.25, -0.2) is 0 Å². The Balaban J connectivity index is 4.06. The van der Waals surface area contributed by atoms with Crippen molar-refractivity contribution in [2.75, 3.05) is 6.54 Å². The highest BCUT2D eigenvalue weighted by Crippen LogP contribution is 2.20. The van der Waals surface area contributed by atoms with Crippen molar-refractivity contribution < 1.29 is 9.22 Å². The van der Waals surface area contributed by atoms with Gasteiger partial charge in [0.15, 0.2) is 0 Å². The third kappa shape index (κ3) is 10.4. The number of unbranched alkanes of at least 4 members (excludes halogenated alkanes) is 2. The molecule has 0 saturated carbocycles. The molecule has 0 fully saturated rings. The van der Waals surface area contributed by atoms with E-state index < -0.39 is 24.8 Å². The number of hydrogen-bond acceptors (Lipinski definition) is 3. The molecule has 0 spiro atoms. The molecular formula is C15H37NO2Si3. The molecule has 0 aliphatic rings. The summed E-state index contributed by atoms with van der Waals surface area (Å²) in [5, 5.41) is 0. The first kappa shape index (κ1) is 21.1. The summed E-state index contributed by atoms with van der Waals surface area (Å²) in [6, 6.07) is 0. The fourth-order valence-electron chi connectivity index (χ4n) is 2.79. The van der Waals surface area contributed by atoms with Crippen LogP contribution in [0.5, 0.6) is 0 Å². The molecule has 0 N–H and O–H groups in total. The molecule has 0 aromatic carbocycles. The van der Waals surface area contributed by atoms with Crippen LogP contribution in [0.2, 0.25) is 58.9 Å². The average Bonchev–Trinajstić information content (AvgIpc) is 2.16. The van der Waals surface area contributed by atoms with Crippen LogP contribution in [0.4, 0.5) is 0 Å². The van der Waals surface area contributed by atoms with E-state index in [1.54, 1.807) is 0 Å². The second-order valence-electron chi connectivity index (χ2n) is 8.89. The number of hydrogen-bond donors (Lipinski definition) is 0. The molecular weight excluding hydrogens is 310 g/mol. The summed E-state index contributed by atoms with van der Waals surface area (Å²) in [4.78, 5) is 11.7. The molecule has 21 heavy (non-hydrogen) atoms. The number of carbonyl (C=O) groups excluding carboxylic acids is 1. The maximum atomic E-state index is 11.7. The molecule has 126 valence electrons. The minimum absolute atomic E-state index is 0.00131. The monoisotopic (exact) mass is 347 g/mol. The lowest BCUT2D eigenvalue weighted by Gasteiger charge is -2.43. The Morgan fingerprint density at radius 1 is 0.810 bits per heavy atom. The van der Waals surface area contributed by atoms with Crippen LogP contribution in [0, 0.1) is 0 Å². The first-order chi connectivity index (χ1) is 9.23. The molecule has 6 heteroatoms. The number of rotatable bonds is 9. The van der Waals surface area contributed by atoms with Crippen LogP contribution in [-0.4, -0.2) is 41.5 Å². The van der Waals surface area contributed by atoms with Crippen LogP contribution in [0.25, 0.3) is 0 Å². The summed E-state index contributed by atoms with van der Waals surface area (Å²) in [6.45, 7) is 22.0. The first-order valence-corrected chi connectivity index (χ1v) is 18.5. The van der Waals surface area contributed by atoms with Gasteiger partial charge < -0.3 is 8.66 Å². The molecule has 3 nitrogen and oxygen atoms in total. The van der Waals surface area contributed by atoms with E-state index >= 15 is 0 Å². The maximum Gasteiger partial charge on any atom is 0.292 e. The lowest BCUT2D eigenvalue weighted by Crippen LogP contribution is -2.59. The van der Waals surface area contributed by atoms with E-state index in [2.05, 4.69) is 63.2 Å². The highest BCUT2D eigenvalue weighted by atomic mass is 28.4. The second-order valence-corrected chi connectivity index (χ2v) is 23.5. The van der Waals surface area contributed by atoms with Crippen LogP contribution >= 0.6 is 0 Å². The molecule has 0 aliphatic heterocycles. The minimum Gasteiger partial charge on any atom is -0.520 e. The fraction of sp³-hybridized carbons (Fsp3) is 0.933.